The van der Waals surface area contributed by atoms with Crippen molar-refractivity contribution in [1.82, 2.24) is 20.0 Å². The van der Waals surface area contributed by atoms with Gasteiger partial charge in [-0.1, -0.05) is 24.3 Å². The number of likely N-dealkylation sites (tertiary alicyclic amines) is 1. The highest BCUT2D eigenvalue weighted by Crippen LogP contribution is 2.41. The van der Waals surface area contributed by atoms with E-state index in [0.717, 1.165) is 12.1 Å². The van der Waals surface area contributed by atoms with E-state index in [1.807, 2.05) is 0 Å². The first-order chi connectivity index (χ1) is 18.6. The van der Waals surface area contributed by atoms with Crippen LogP contribution in [0.4, 0.5) is 27.2 Å². The molecule has 0 aromatic heterocycles. The van der Waals surface area contributed by atoms with E-state index in [4.69, 9.17) is 4.74 Å². The number of nitrogens with one attached hydrogen (secondary N) is 1. The largest absolute Gasteiger partial charge is 0.573 e. The molecule has 1 unspecified atom stereocenters. The van der Waals surface area contributed by atoms with Gasteiger partial charge in [0.15, 0.2) is 0 Å². The van der Waals surface area contributed by atoms with Crippen molar-refractivity contribution in [3.8, 4) is 5.75 Å². The van der Waals surface area contributed by atoms with Crippen LogP contribution in [0.5, 0.6) is 5.75 Å². The van der Waals surface area contributed by atoms with Crippen LogP contribution in [0, 0.1) is 5.82 Å². The highest BCUT2D eigenvalue weighted by molar-refractivity contribution is 5.76. The molecule has 3 aliphatic heterocycles. The summed E-state index contributed by atoms with van der Waals surface area (Å²) >= 11 is 0. The van der Waals surface area contributed by atoms with Crippen molar-refractivity contribution < 1.29 is 36.6 Å². The fraction of sp³-hybridized carbons (Fsp3) is 0.481. The van der Waals surface area contributed by atoms with Crippen LogP contribution in [0.1, 0.15) is 24.0 Å². The highest BCUT2D eigenvalue weighted by atomic mass is 19.4. The first-order valence-corrected chi connectivity index (χ1v) is 12.9. The third-order valence-electron chi connectivity index (χ3n) is 7.69. The van der Waals surface area contributed by atoms with Gasteiger partial charge in [0.1, 0.15) is 17.2 Å². The van der Waals surface area contributed by atoms with Crippen LogP contribution in [-0.4, -0.2) is 84.1 Å². The minimum absolute atomic E-state index is 0.0544. The molecule has 5 rings (SSSR count). The minimum atomic E-state index is -4.79. The van der Waals surface area contributed by atoms with Gasteiger partial charge in [0, 0.05) is 58.7 Å². The van der Waals surface area contributed by atoms with Crippen molar-refractivity contribution >= 4 is 12.1 Å². The number of alkyl halides is 3. The van der Waals surface area contributed by atoms with Gasteiger partial charge in [-0.3, -0.25) is 4.90 Å². The molecular weight excluding hydrogens is 520 g/mol. The van der Waals surface area contributed by atoms with Gasteiger partial charge in [0.05, 0.1) is 6.04 Å². The molecule has 12 heteroatoms. The molecule has 0 aliphatic carbocycles. The lowest BCUT2D eigenvalue weighted by Gasteiger charge is -2.42. The summed E-state index contributed by atoms with van der Waals surface area (Å²) in [5.74, 6) is -0.696. The third kappa shape index (κ3) is 6.38. The molecule has 2 aromatic carbocycles. The average molecular weight is 551 g/mol. The molecule has 39 heavy (non-hydrogen) atoms. The second-order valence-corrected chi connectivity index (χ2v) is 10.2. The van der Waals surface area contributed by atoms with E-state index in [1.54, 1.807) is 21.9 Å². The molecule has 2 aromatic rings. The van der Waals surface area contributed by atoms with Gasteiger partial charge in [0.25, 0.3) is 0 Å². The van der Waals surface area contributed by atoms with Gasteiger partial charge in [-0.2, -0.15) is 0 Å². The standard InChI is InChI=1S/C27H30F4N4O4/c28-21-5-1-19(2-6-21)17-23-26(9-12-33(13-10-26)15-16-34-14-11-32-24(34)36)39-25(37)35(23)18-20-3-7-22(8-4-20)38-27(29,30)31/h1-8,23H,9-18H2,(H,32,36). The number of piperidine rings is 1. The Morgan fingerprint density at radius 1 is 0.949 bits per heavy atom. The molecule has 0 bridgehead atoms. The molecule has 3 amide bonds. The van der Waals surface area contributed by atoms with E-state index in [2.05, 4.69) is 15.0 Å². The number of ether oxygens (including phenoxy) is 2. The molecule has 0 saturated carbocycles. The summed E-state index contributed by atoms with van der Waals surface area (Å²) in [5, 5.41) is 2.80. The number of carbonyl (C=O) groups excluding carboxylic acids is 2. The molecule has 3 fully saturated rings. The molecule has 1 N–H and O–H groups in total. The van der Waals surface area contributed by atoms with Crippen LogP contribution in [0.3, 0.4) is 0 Å². The first kappa shape index (κ1) is 27.0. The quantitative estimate of drug-likeness (QED) is 0.500. The smallest absolute Gasteiger partial charge is 0.440 e. The van der Waals surface area contributed by atoms with E-state index < -0.39 is 18.1 Å². The molecule has 210 valence electrons. The average Bonchev–Trinajstić information content (AvgIpc) is 3.41. The van der Waals surface area contributed by atoms with Crippen molar-refractivity contribution in [2.75, 3.05) is 39.3 Å². The molecular formula is C27H30F4N4O4. The Balaban J connectivity index is 1.30. The van der Waals surface area contributed by atoms with Crippen LogP contribution in [-0.2, 0) is 17.7 Å². The number of rotatable bonds is 8. The number of hydrogen-bond donors (Lipinski definition) is 1. The van der Waals surface area contributed by atoms with E-state index in [-0.39, 0.29) is 30.2 Å². The first-order valence-electron chi connectivity index (χ1n) is 12.9. The topological polar surface area (TPSA) is 74.4 Å². The van der Waals surface area contributed by atoms with Gasteiger partial charge in [-0.15, -0.1) is 13.2 Å². The summed E-state index contributed by atoms with van der Waals surface area (Å²) in [7, 11) is 0. The minimum Gasteiger partial charge on any atom is -0.440 e. The predicted molar refractivity (Wildman–Crippen MR) is 132 cm³/mol. The number of halogens is 4. The zero-order valence-corrected chi connectivity index (χ0v) is 21.3. The second kappa shape index (κ2) is 10.9. The summed E-state index contributed by atoms with van der Waals surface area (Å²) in [4.78, 5) is 30.7. The van der Waals surface area contributed by atoms with E-state index in [1.165, 1.54) is 36.4 Å². The van der Waals surface area contributed by atoms with E-state index >= 15 is 0 Å². The number of nitrogens with zero attached hydrogens (tertiary/aromatic N) is 3. The SMILES string of the molecule is O=C1NCCN1CCN1CCC2(CC1)OC(=O)N(Cc1ccc(OC(F)(F)F)cc1)C2Cc1ccc(F)cc1. The molecule has 8 nitrogen and oxygen atoms in total. The van der Waals surface area contributed by atoms with E-state index in [9.17, 15) is 27.2 Å². The van der Waals surface area contributed by atoms with Gasteiger partial charge < -0.3 is 24.6 Å². The number of urea groups is 1. The lowest BCUT2D eigenvalue weighted by Crippen LogP contribution is -2.54. The number of benzene rings is 2. The van der Waals surface area contributed by atoms with E-state index in [0.29, 0.717) is 57.5 Å². The van der Waals surface area contributed by atoms with Gasteiger partial charge >= 0.3 is 18.5 Å². The normalized spacial score (nSPS) is 21.4. The monoisotopic (exact) mass is 550 g/mol. The molecule has 3 aliphatic rings. The van der Waals surface area contributed by atoms with Crippen molar-refractivity contribution in [3.63, 3.8) is 0 Å². The summed E-state index contributed by atoms with van der Waals surface area (Å²) in [5.41, 5.74) is 0.719. The Hall–Kier alpha value is -3.54. The van der Waals surface area contributed by atoms with Gasteiger partial charge in [0.2, 0.25) is 0 Å². The zero-order chi connectivity index (χ0) is 27.6. The number of amides is 3. The molecule has 3 heterocycles. The maximum Gasteiger partial charge on any atom is 0.573 e. The van der Waals surface area contributed by atoms with Crippen LogP contribution in [0.2, 0.25) is 0 Å². The fourth-order valence-corrected chi connectivity index (χ4v) is 5.60. The van der Waals surface area contributed by atoms with Gasteiger partial charge in [-0.25, -0.2) is 14.0 Å². The molecule has 0 radical (unpaired) electrons. The van der Waals surface area contributed by atoms with Crippen LogP contribution >= 0.6 is 0 Å². The third-order valence-corrected chi connectivity index (χ3v) is 7.69. The maximum atomic E-state index is 13.6. The second-order valence-electron chi connectivity index (χ2n) is 10.2. The van der Waals surface area contributed by atoms with Crippen molar-refractivity contribution in [3.05, 3.63) is 65.5 Å². The van der Waals surface area contributed by atoms with Crippen LogP contribution in [0.15, 0.2) is 48.5 Å². The maximum absolute atomic E-state index is 13.6. The Labute approximate surface area is 223 Å². The summed E-state index contributed by atoms with van der Waals surface area (Å²) in [6, 6.07) is 11.1. The van der Waals surface area contributed by atoms with Crippen molar-refractivity contribution in [2.24, 2.45) is 0 Å². The Kier molecular flexibility index (Phi) is 7.57. The van der Waals surface area contributed by atoms with Crippen molar-refractivity contribution in [2.45, 2.75) is 43.8 Å². The Morgan fingerprint density at radius 2 is 1.62 bits per heavy atom. The highest BCUT2D eigenvalue weighted by Gasteiger charge is 2.54. The lowest BCUT2D eigenvalue weighted by atomic mass is 9.81. The summed E-state index contributed by atoms with van der Waals surface area (Å²) in [6.45, 7) is 4.18. The predicted octanol–water partition coefficient (Wildman–Crippen LogP) is 4.15. The van der Waals surface area contributed by atoms with Gasteiger partial charge in [-0.05, 0) is 41.8 Å². The number of carbonyl (C=O) groups is 2. The molecule has 3 saturated heterocycles. The fourth-order valence-electron chi connectivity index (χ4n) is 5.60. The number of hydrogen-bond acceptors (Lipinski definition) is 5. The Morgan fingerprint density at radius 3 is 2.23 bits per heavy atom. The zero-order valence-electron chi connectivity index (χ0n) is 21.3. The molecule has 1 atom stereocenters. The van der Waals surface area contributed by atoms with Crippen LogP contribution in [0.25, 0.3) is 0 Å². The Bertz CT molecular complexity index is 1170. The lowest BCUT2D eigenvalue weighted by molar-refractivity contribution is -0.274. The summed E-state index contributed by atoms with van der Waals surface area (Å²) in [6.07, 6.45) is -3.66. The van der Waals surface area contributed by atoms with Crippen LogP contribution < -0.4 is 10.1 Å². The van der Waals surface area contributed by atoms with Crippen molar-refractivity contribution in [1.29, 1.82) is 0 Å². The molecule has 1 spiro atoms. The summed E-state index contributed by atoms with van der Waals surface area (Å²) < 4.78 is 61.2.